The van der Waals surface area contributed by atoms with Crippen molar-refractivity contribution in [2.45, 2.75) is 25.3 Å². The Morgan fingerprint density at radius 3 is 2.64 bits per heavy atom. The van der Waals surface area contributed by atoms with Crippen molar-refractivity contribution in [1.29, 1.82) is 0 Å². The quantitative estimate of drug-likeness (QED) is 0.748. The Morgan fingerprint density at radius 2 is 1.95 bits per heavy atom. The maximum Gasteiger partial charge on any atom is 0.320 e. The highest BCUT2D eigenvalue weighted by atomic mass is 19.3. The minimum Gasteiger partial charge on any atom is -0.464 e. The molecule has 0 bridgehead atoms. The molecule has 0 aliphatic carbocycles. The molecule has 0 aromatic heterocycles. The number of carbonyl (C=O) groups is 1. The first kappa shape index (κ1) is 16.5. The molecule has 1 fully saturated rings. The molecule has 0 radical (unpaired) electrons. The van der Waals surface area contributed by atoms with Gasteiger partial charge in [0, 0.05) is 12.5 Å². The van der Waals surface area contributed by atoms with Crippen LogP contribution in [0.25, 0.3) is 0 Å². The zero-order valence-electron chi connectivity index (χ0n) is 12.1. The molecule has 1 aliphatic heterocycles. The lowest BCUT2D eigenvalue weighted by Crippen LogP contribution is -2.30. The van der Waals surface area contributed by atoms with E-state index in [1.165, 1.54) is 0 Å². The molecule has 1 aromatic carbocycles. The van der Waals surface area contributed by atoms with Crippen molar-refractivity contribution in [2.75, 3.05) is 19.7 Å². The van der Waals surface area contributed by atoms with E-state index in [9.17, 15) is 18.0 Å². The summed E-state index contributed by atoms with van der Waals surface area (Å²) in [7, 11) is 0. The van der Waals surface area contributed by atoms with Gasteiger partial charge in [0.1, 0.15) is 0 Å². The van der Waals surface area contributed by atoms with E-state index in [2.05, 4.69) is 0 Å². The fourth-order valence-electron chi connectivity index (χ4n) is 2.63. The molecule has 0 saturated carbocycles. The predicted octanol–water partition coefficient (Wildman–Crippen LogP) is 3.83. The van der Waals surface area contributed by atoms with E-state index in [0.717, 1.165) is 24.9 Å². The number of carbonyl (C=O) groups excluding carboxylic acids is 1. The number of rotatable bonds is 6. The lowest BCUT2D eigenvalue weighted by Gasteiger charge is -2.23. The minimum absolute atomic E-state index is 0.0863. The summed E-state index contributed by atoms with van der Waals surface area (Å²) in [6.45, 7) is 0.497. The Bertz CT molecular complexity index is 529. The molecule has 1 unspecified atom stereocenters. The van der Waals surface area contributed by atoms with Crippen molar-refractivity contribution in [2.24, 2.45) is 0 Å². The summed E-state index contributed by atoms with van der Waals surface area (Å²) in [6.07, 6.45) is -1.01. The standard InChI is InChI=1S/C16H18F3NO2/c17-13(16(18)19)8-10-22-15(21)11-20-9-4-7-14(20)12-5-2-1-3-6-12/h1-3,5-6,14H,4,7-11H2. The summed E-state index contributed by atoms with van der Waals surface area (Å²) in [4.78, 5) is 13.7. The number of benzene rings is 1. The Hall–Kier alpha value is -1.82. The summed E-state index contributed by atoms with van der Waals surface area (Å²) in [5.41, 5.74) is 1.14. The van der Waals surface area contributed by atoms with Gasteiger partial charge in [-0.2, -0.15) is 8.78 Å². The van der Waals surface area contributed by atoms with Crippen molar-refractivity contribution >= 4 is 5.97 Å². The highest BCUT2D eigenvalue weighted by molar-refractivity contribution is 5.71. The highest BCUT2D eigenvalue weighted by Gasteiger charge is 2.27. The lowest BCUT2D eigenvalue weighted by atomic mass is 10.0. The maximum absolute atomic E-state index is 12.6. The summed E-state index contributed by atoms with van der Waals surface area (Å²) >= 11 is 0. The Labute approximate surface area is 127 Å². The average molecular weight is 313 g/mol. The van der Waals surface area contributed by atoms with Gasteiger partial charge in [-0.05, 0) is 24.9 Å². The zero-order valence-corrected chi connectivity index (χ0v) is 12.1. The molecule has 120 valence electrons. The number of hydrogen-bond donors (Lipinski definition) is 0. The molecule has 1 atom stereocenters. The third kappa shape index (κ3) is 4.59. The van der Waals surface area contributed by atoms with Crippen LogP contribution in [0.1, 0.15) is 30.9 Å². The second-order valence-corrected chi connectivity index (χ2v) is 5.17. The first-order valence-electron chi connectivity index (χ1n) is 7.22. The van der Waals surface area contributed by atoms with Crippen LogP contribution >= 0.6 is 0 Å². The summed E-state index contributed by atoms with van der Waals surface area (Å²) in [6, 6.07) is 10.0. The predicted molar refractivity (Wildman–Crippen MR) is 75.9 cm³/mol. The molecule has 3 nitrogen and oxygen atoms in total. The molecular formula is C16H18F3NO2. The second kappa shape index (κ2) is 7.98. The largest absolute Gasteiger partial charge is 0.464 e. The molecule has 0 N–H and O–H groups in total. The van der Waals surface area contributed by atoms with Gasteiger partial charge in [0.05, 0.1) is 13.2 Å². The van der Waals surface area contributed by atoms with Gasteiger partial charge in [-0.3, -0.25) is 9.69 Å². The number of halogens is 3. The van der Waals surface area contributed by atoms with E-state index in [0.29, 0.717) is 0 Å². The van der Waals surface area contributed by atoms with Crippen LogP contribution < -0.4 is 0 Å². The third-order valence-electron chi connectivity index (χ3n) is 3.67. The van der Waals surface area contributed by atoms with E-state index in [-0.39, 0.29) is 19.2 Å². The van der Waals surface area contributed by atoms with Gasteiger partial charge in [-0.15, -0.1) is 0 Å². The first-order chi connectivity index (χ1) is 10.6. The smallest absolute Gasteiger partial charge is 0.320 e. The number of hydrogen-bond acceptors (Lipinski definition) is 3. The molecule has 6 heteroatoms. The fraction of sp³-hybridized carbons (Fsp3) is 0.438. The van der Waals surface area contributed by atoms with E-state index in [4.69, 9.17) is 4.74 Å². The Kier molecular flexibility index (Phi) is 6.00. The van der Waals surface area contributed by atoms with E-state index >= 15 is 0 Å². The van der Waals surface area contributed by atoms with Gasteiger partial charge in [0.25, 0.3) is 0 Å². The van der Waals surface area contributed by atoms with Crippen LogP contribution in [0, 0.1) is 0 Å². The zero-order chi connectivity index (χ0) is 15.9. The molecule has 1 heterocycles. The van der Waals surface area contributed by atoms with Gasteiger partial charge in [0.15, 0.2) is 5.83 Å². The highest BCUT2D eigenvalue weighted by Crippen LogP contribution is 2.31. The van der Waals surface area contributed by atoms with Crippen LogP contribution in [0.3, 0.4) is 0 Å². The number of likely N-dealkylation sites (tertiary alicyclic amines) is 1. The van der Waals surface area contributed by atoms with E-state index in [1.54, 1.807) is 0 Å². The van der Waals surface area contributed by atoms with Gasteiger partial charge < -0.3 is 4.74 Å². The van der Waals surface area contributed by atoms with E-state index < -0.39 is 24.3 Å². The first-order valence-corrected chi connectivity index (χ1v) is 7.22. The van der Waals surface area contributed by atoms with Crippen LogP contribution in [0.4, 0.5) is 13.2 Å². The van der Waals surface area contributed by atoms with E-state index in [1.807, 2.05) is 35.2 Å². The lowest BCUT2D eigenvalue weighted by molar-refractivity contribution is -0.145. The Balaban J connectivity index is 1.82. The van der Waals surface area contributed by atoms with Crippen molar-refractivity contribution in [1.82, 2.24) is 4.90 Å². The average Bonchev–Trinajstić information content (AvgIpc) is 2.96. The molecule has 0 amide bonds. The van der Waals surface area contributed by atoms with Crippen molar-refractivity contribution < 1.29 is 22.7 Å². The molecule has 1 saturated heterocycles. The van der Waals surface area contributed by atoms with Crippen LogP contribution in [-0.2, 0) is 9.53 Å². The van der Waals surface area contributed by atoms with Crippen LogP contribution in [0.5, 0.6) is 0 Å². The number of esters is 1. The van der Waals surface area contributed by atoms with Gasteiger partial charge in [-0.25, -0.2) is 4.39 Å². The molecular weight excluding hydrogens is 295 g/mol. The van der Waals surface area contributed by atoms with Crippen LogP contribution in [-0.4, -0.2) is 30.6 Å². The summed E-state index contributed by atoms with van der Waals surface area (Å²) in [5.74, 6) is -2.05. The van der Waals surface area contributed by atoms with Gasteiger partial charge in [-0.1, -0.05) is 30.3 Å². The molecule has 1 aliphatic rings. The van der Waals surface area contributed by atoms with Crippen molar-refractivity contribution in [3.63, 3.8) is 0 Å². The SMILES string of the molecule is O=C(CN1CCCC1c1ccccc1)OCCC(F)=C(F)F. The molecule has 1 aromatic rings. The fourth-order valence-corrected chi connectivity index (χ4v) is 2.63. The minimum atomic E-state index is -2.36. The van der Waals surface area contributed by atoms with Crippen molar-refractivity contribution in [3.05, 3.63) is 47.8 Å². The van der Waals surface area contributed by atoms with Gasteiger partial charge in [0.2, 0.25) is 0 Å². The summed E-state index contributed by atoms with van der Waals surface area (Å²) < 4.78 is 41.2. The molecule has 2 rings (SSSR count). The Morgan fingerprint density at radius 1 is 1.23 bits per heavy atom. The molecule has 22 heavy (non-hydrogen) atoms. The van der Waals surface area contributed by atoms with Gasteiger partial charge >= 0.3 is 12.0 Å². The van der Waals surface area contributed by atoms with Crippen LogP contribution in [0.15, 0.2) is 42.2 Å². The molecule has 0 spiro atoms. The number of nitrogens with zero attached hydrogens (tertiary/aromatic N) is 1. The summed E-state index contributed by atoms with van der Waals surface area (Å²) in [5, 5.41) is 0. The monoisotopic (exact) mass is 313 g/mol. The topological polar surface area (TPSA) is 29.5 Å². The third-order valence-corrected chi connectivity index (χ3v) is 3.67. The second-order valence-electron chi connectivity index (χ2n) is 5.17. The van der Waals surface area contributed by atoms with Crippen molar-refractivity contribution in [3.8, 4) is 0 Å². The number of ether oxygens (including phenoxy) is 1. The van der Waals surface area contributed by atoms with Crippen LogP contribution in [0.2, 0.25) is 0 Å². The maximum atomic E-state index is 12.6. The normalized spacial score (nSPS) is 18.2.